The molecule has 1 amide bonds. The Bertz CT molecular complexity index is 696. The summed E-state index contributed by atoms with van der Waals surface area (Å²) >= 11 is 0. The van der Waals surface area contributed by atoms with E-state index in [1.807, 2.05) is 31.6 Å². The van der Waals surface area contributed by atoms with E-state index in [0.717, 1.165) is 23.5 Å². The summed E-state index contributed by atoms with van der Waals surface area (Å²) in [6, 6.07) is 1.89. The van der Waals surface area contributed by atoms with Crippen molar-refractivity contribution in [1.82, 2.24) is 24.9 Å². The van der Waals surface area contributed by atoms with Gasteiger partial charge in [-0.15, -0.1) is 0 Å². The smallest absolute Gasteiger partial charge is 0.269 e. The Labute approximate surface area is 137 Å². The molecule has 0 atom stereocenters. The van der Waals surface area contributed by atoms with E-state index in [2.05, 4.69) is 36.3 Å². The van der Waals surface area contributed by atoms with Crippen LogP contribution in [0.25, 0.3) is 0 Å². The second-order valence-electron chi connectivity index (χ2n) is 6.20. The molecule has 2 heterocycles. The summed E-state index contributed by atoms with van der Waals surface area (Å²) in [4.78, 5) is 12.4. The maximum atomic E-state index is 12.4. The molecule has 0 aliphatic carbocycles. The second kappa shape index (κ2) is 6.98. The van der Waals surface area contributed by atoms with E-state index < -0.39 is 0 Å². The van der Waals surface area contributed by atoms with E-state index in [9.17, 15) is 4.79 Å². The molecule has 6 nitrogen and oxygen atoms in total. The Kier molecular flexibility index (Phi) is 5.23. The zero-order valence-electron chi connectivity index (χ0n) is 15.0. The van der Waals surface area contributed by atoms with E-state index in [0.29, 0.717) is 24.7 Å². The first kappa shape index (κ1) is 17.2. The van der Waals surface area contributed by atoms with Gasteiger partial charge in [-0.25, -0.2) is 0 Å². The van der Waals surface area contributed by atoms with Crippen LogP contribution in [0.2, 0.25) is 0 Å². The number of rotatable bonds is 6. The number of carbonyl (C=O) groups is 1. The fourth-order valence-corrected chi connectivity index (χ4v) is 2.71. The van der Waals surface area contributed by atoms with Crippen LogP contribution in [-0.2, 0) is 20.0 Å². The highest BCUT2D eigenvalue weighted by atomic mass is 16.2. The summed E-state index contributed by atoms with van der Waals surface area (Å²) in [6.07, 6.45) is 0.786. The van der Waals surface area contributed by atoms with Crippen LogP contribution in [0.3, 0.4) is 0 Å². The summed E-state index contributed by atoms with van der Waals surface area (Å²) in [5.41, 5.74) is 4.98. The highest BCUT2D eigenvalue weighted by molar-refractivity contribution is 5.92. The zero-order valence-corrected chi connectivity index (χ0v) is 15.0. The van der Waals surface area contributed by atoms with Crippen molar-refractivity contribution < 1.29 is 4.79 Å². The molecule has 0 saturated heterocycles. The number of amides is 1. The molecule has 0 bridgehead atoms. The first-order chi connectivity index (χ1) is 10.8. The lowest BCUT2D eigenvalue weighted by molar-refractivity contribution is 0.0943. The molecule has 0 saturated carbocycles. The van der Waals surface area contributed by atoms with E-state index in [-0.39, 0.29) is 5.91 Å². The molecule has 0 aliphatic heterocycles. The SMILES string of the molecule is CCn1nc(C(C)C)cc1C(=O)NCCc1c(C)nn(C)c1C. The third-order valence-electron chi connectivity index (χ3n) is 4.24. The van der Waals surface area contributed by atoms with Crippen LogP contribution in [0.15, 0.2) is 6.07 Å². The second-order valence-corrected chi connectivity index (χ2v) is 6.20. The molecule has 2 rings (SSSR count). The van der Waals surface area contributed by atoms with Gasteiger partial charge in [0.2, 0.25) is 0 Å². The molecule has 2 aromatic heterocycles. The van der Waals surface area contributed by atoms with Gasteiger partial charge in [-0.3, -0.25) is 14.2 Å². The van der Waals surface area contributed by atoms with Gasteiger partial charge in [0.1, 0.15) is 5.69 Å². The Balaban J connectivity index is 2.02. The van der Waals surface area contributed by atoms with Crippen molar-refractivity contribution in [3.05, 3.63) is 34.4 Å². The zero-order chi connectivity index (χ0) is 17.1. The van der Waals surface area contributed by atoms with Crippen LogP contribution in [0, 0.1) is 13.8 Å². The lowest BCUT2D eigenvalue weighted by Crippen LogP contribution is -2.28. The van der Waals surface area contributed by atoms with Crippen molar-refractivity contribution in [2.24, 2.45) is 7.05 Å². The number of hydrogen-bond acceptors (Lipinski definition) is 3. The van der Waals surface area contributed by atoms with E-state index >= 15 is 0 Å². The maximum absolute atomic E-state index is 12.4. The van der Waals surface area contributed by atoms with Crippen LogP contribution < -0.4 is 5.32 Å². The summed E-state index contributed by atoms with van der Waals surface area (Å²) < 4.78 is 3.65. The van der Waals surface area contributed by atoms with Crippen molar-refractivity contribution in [2.45, 2.75) is 53.5 Å². The molecule has 0 fully saturated rings. The minimum atomic E-state index is -0.0644. The maximum Gasteiger partial charge on any atom is 0.269 e. The Morgan fingerprint density at radius 1 is 1.30 bits per heavy atom. The highest BCUT2D eigenvalue weighted by Crippen LogP contribution is 2.15. The summed E-state index contributed by atoms with van der Waals surface area (Å²) in [7, 11) is 1.94. The molecule has 126 valence electrons. The highest BCUT2D eigenvalue weighted by Gasteiger charge is 2.16. The summed E-state index contributed by atoms with van der Waals surface area (Å²) in [5, 5.41) is 11.9. The Morgan fingerprint density at radius 3 is 2.52 bits per heavy atom. The molecule has 0 unspecified atom stereocenters. The lowest BCUT2D eigenvalue weighted by atomic mass is 10.1. The predicted octanol–water partition coefficient (Wildman–Crippen LogP) is 2.35. The van der Waals surface area contributed by atoms with Crippen molar-refractivity contribution in [1.29, 1.82) is 0 Å². The van der Waals surface area contributed by atoms with Crippen LogP contribution in [0.4, 0.5) is 0 Å². The first-order valence-corrected chi connectivity index (χ1v) is 8.20. The molecule has 2 aromatic rings. The van der Waals surface area contributed by atoms with Gasteiger partial charge in [0, 0.05) is 25.8 Å². The molecule has 6 heteroatoms. The Morgan fingerprint density at radius 2 is 2.00 bits per heavy atom. The summed E-state index contributed by atoms with van der Waals surface area (Å²) in [5.74, 6) is 0.250. The molecular weight excluding hydrogens is 290 g/mol. The first-order valence-electron chi connectivity index (χ1n) is 8.20. The monoisotopic (exact) mass is 317 g/mol. The van der Waals surface area contributed by atoms with Gasteiger partial charge in [0.05, 0.1) is 11.4 Å². The lowest BCUT2D eigenvalue weighted by Gasteiger charge is -2.07. The third kappa shape index (κ3) is 3.63. The average molecular weight is 317 g/mol. The van der Waals surface area contributed by atoms with Crippen molar-refractivity contribution in [2.75, 3.05) is 6.54 Å². The molecule has 0 aromatic carbocycles. The van der Waals surface area contributed by atoms with Crippen LogP contribution >= 0.6 is 0 Å². The number of hydrogen-bond donors (Lipinski definition) is 1. The van der Waals surface area contributed by atoms with Gasteiger partial charge in [-0.2, -0.15) is 10.2 Å². The van der Waals surface area contributed by atoms with E-state index in [1.165, 1.54) is 5.56 Å². The van der Waals surface area contributed by atoms with Crippen molar-refractivity contribution in [3.8, 4) is 0 Å². The fraction of sp³-hybridized carbons (Fsp3) is 0.588. The van der Waals surface area contributed by atoms with E-state index in [1.54, 1.807) is 4.68 Å². The molecule has 0 spiro atoms. The fourth-order valence-electron chi connectivity index (χ4n) is 2.71. The Hall–Kier alpha value is -2.11. The third-order valence-corrected chi connectivity index (χ3v) is 4.24. The number of nitrogens with one attached hydrogen (secondary N) is 1. The van der Waals surface area contributed by atoms with E-state index in [4.69, 9.17) is 0 Å². The number of aryl methyl sites for hydroxylation is 3. The minimum absolute atomic E-state index is 0.0644. The topological polar surface area (TPSA) is 64.7 Å². The average Bonchev–Trinajstić information content (AvgIpc) is 3.03. The van der Waals surface area contributed by atoms with Crippen LogP contribution in [0.1, 0.15) is 59.8 Å². The van der Waals surface area contributed by atoms with Crippen molar-refractivity contribution in [3.63, 3.8) is 0 Å². The standard InChI is InChI=1S/C17H27N5O/c1-7-22-16(10-15(20-22)11(2)3)17(23)18-9-8-14-12(4)19-21(6)13(14)5/h10-11H,7-9H2,1-6H3,(H,18,23). The quantitative estimate of drug-likeness (QED) is 0.889. The summed E-state index contributed by atoms with van der Waals surface area (Å²) in [6.45, 7) is 11.5. The molecular formula is C17H27N5O. The minimum Gasteiger partial charge on any atom is -0.350 e. The van der Waals surface area contributed by atoms with Crippen LogP contribution in [-0.4, -0.2) is 32.0 Å². The molecule has 0 aliphatic rings. The van der Waals surface area contributed by atoms with Gasteiger partial charge in [-0.05, 0) is 44.7 Å². The van der Waals surface area contributed by atoms with Gasteiger partial charge in [0.25, 0.3) is 5.91 Å². The molecule has 0 radical (unpaired) electrons. The van der Waals surface area contributed by atoms with Gasteiger partial charge in [0.15, 0.2) is 0 Å². The molecule has 1 N–H and O–H groups in total. The predicted molar refractivity (Wildman–Crippen MR) is 90.7 cm³/mol. The number of aromatic nitrogens is 4. The normalized spacial score (nSPS) is 11.3. The van der Waals surface area contributed by atoms with Gasteiger partial charge < -0.3 is 5.32 Å². The molecule has 23 heavy (non-hydrogen) atoms. The van der Waals surface area contributed by atoms with Gasteiger partial charge in [-0.1, -0.05) is 13.8 Å². The van der Waals surface area contributed by atoms with Crippen LogP contribution in [0.5, 0.6) is 0 Å². The van der Waals surface area contributed by atoms with Gasteiger partial charge >= 0.3 is 0 Å². The number of carbonyl (C=O) groups excluding carboxylic acids is 1. The van der Waals surface area contributed by atoms with Crippen molar-refractivity contribution >= 4 is 5.91 Å². The number of nitrogens with zero attached hydrogens (tertiary/aromatic N) is 4. The largest absolute Gasteiger partial charge is 0.350 e.